The normalized spacial score (nSPS) is 16.6. The quantitative estimate of drug-likeness (QED) is 0.787. The van der Waals surface area contributed by atoms with Crippen LogP contribution in [0.3, 0.4) is 0 Å². The Morgan fingerprint density at radius 2 is 2.00 bits per heavy atom. The third-order valence-corrected chi connectivity index (χ3v) is 3.79. The zero-order chi connectivity index (χ0) is 11.4. The Hall–Kier alpha value is -0.630. The van der Waals surface area contributed by atoms with Crippen LogP contribution in [-0.2, 0) is 12.8 Å². The Bertz CT molecular complexity index is 349. The summed E-state index contributed by atoms with van der Waals surface area (Å²) >= 11 is 4.26. The fourth-order valence-corrected chi connectivity index (χ4v) is 2.20. The van der Waals surface area contributed by atoms with Gasteiger partial charge in [0.1, 0.15) is 5.75 Å². The average molecular weight is 236 g/mol. The largest absolute Gasteiger partial charge is 0.493 e. The van der Waals surface area contributed by atoms with Crippen LogP contribution in [0.5, 0.6) is 5.75 Å². The molecule has 1 atom stereocenters. The molecule has 2 heteroatoms. The van der Waals surface area contributed by atoms with Gasteiger partial charge in [-0.05, 0) is 60.6 Å². The van der Waals surface area contributed by atoms with E-state index in [1.54, 1.807) is 0 Å². The zero-order valence-corrected chi connectivity index (χ0v) is 10.8. The lowest BCUT2D eigenvalue weighted by atomic mass is 9.92. The van der Waals surface area contributed by atoms with Crippen LogP contribution >= 0.6 is 12.6 Å². The molecule has 0 radical (unpaired) electrons. The van der Waals surface area contributed by atoms with Crippen molar-refractivity contribution in [3.05, 3.63) is 29.3 Å². The summed E-state index contributed by atoms with van der Waals surface area (Å²) in [5.74, 6) is 2.42. The van der Waals surface area contributed by atoms with Crippen molar-refractivity contribution in [2.75, 3.05) is 12.4 Å². The molecular weight excluding hydrogens is 216 g/mol. The highest BCUT2D eigenvalue weighted by molar-refractivity contribution is 7.80. The first-order chi connectivity index (χ1) is 7.79. The van der Waals surface area contributed by atoms with Crippen molar-refractivity contribution in [1.29, 1.82) is 0 Å². The number of ether oxygens (including phenoxy) is 1. The third-order valence-electron chi connectivity index (χ3n) is 3.17. The predicted molar refractivity (Wildman–Crippen MR) is 71.6 cm³/mol. The van der Waals surface area contributed by atoms with Gasteiger partial charge in [-0.25, -0.2) is 0 Å². The summed E-state index contributed by atoms with van der Waals surface area (Å²) in [5, 5.41) is 0. The van der Waals surface area contributed by atoms with Crippen LogP contribution in [-0.4, -0.2) is 12.4 Å². The number of benzene rings is 1. The van der Waals surface area contributed by atoms with Crippen LogP contribution in [0.15, 0.2) is 18.2 Å². The van der Waals surface area contributed by atoms with E-state index in [1.807, 2.05) is 0 Å². The second kappa shape index (κ2) is 5.62. The highest BCUT2D eigenvalue weighted by atomic mass is 32.1. The van der Waals surface area contributed by atoms with E-state index in [9.17, 15) is 0 Å². The molecule has 0 bridgehead atoms. The zero-order valence-electron chi connectivity index (χ0n) is 9.91. The number of thiol groups is 1. The molecule has 0 saturated carbocycles. The maximum Gasteiger partial charge on any atom is 0.119 e. The second-order valence-corrected chi connectivity index (χ2v) is 5.10. The number of aryl methyl sites for hydroxylation is 2. The van der Waals surface area contributed by atoms with Gasteiger partial charge in [0.15, 0.2) is 0 Å². The molecule has 0 amide bonds. The van der Waals surface area contributed by atoms with Gasteiger partial charge in [-0.1, -0.05) is 13.0 Å². The predicted octanol–water partition coefficient (Wildman–Crippen LogP) is 3.51. The molecule has 0 aromatic heterocycles. The molecular formula is C14H20OS. The molecule has 1 nitrogen and oxygen atoms in total. The summed E-state index contributed by atoms with van der Waals surface area (Å²) < 4.78 is 5.78. The molecule has 0 N–H and O–H groups in total. The lowest BCUT2D eigenvalue weighted by Gasteiger charge is -2.17. The van der Waals surface area contributed by atoms with Gasteiger partial charge >= 0.3 is 0 Å². The summed E-state index contributed by atoms with van der Waals surface area (Å²) in [7, 11) is 0. The molecule has 1 aliphatic rings. The van der Waals surface area contributed by atoms with Gasteiger partial charge in [-0.2, -0.15) is 12.6 Å². The van der Waals surface area contributed by atoms with E-state index in [-0.39, 0.29) is 0 Å². The van der Waals surface area contributed by atoms with Crippen LogP contribution < -0.4 is 4.74 Å². The van der Waals surface area contributed by atoms with E-state index < -0.39 is 0 Å². The molecule has 1 aliphatic carbocycles. The summed E-state index contributed by atoms with van der Waals surface area (Å²) in [6, 6.07) is 6.56. The van der Waals surface area contributed by atoms with Gasteiger partial charge < -0.3 is 4.74 Å². The van der Waals surface area contributed by atoms with Crippen LogP contribution in [0.1, 0.15) is 30.9 Å². The molecule has 0 saturated heterocycles. The Balaban J connectivity index is 2.00. The van der Waals surface area contributed by atoms with E-state index >= 15 is 0 Å². The first-order valence-corrected chi connectivity index (χ1v) is 6.78. The summed E-state index contributed by atoms with van der Waals surface area (Å²) in [5.41, 5.74) is 3.00. The molecule has 0 aliphatic heterocycles. The van der Waals surface area contributed by atoms with Crippen LogP contribution in [0.2, 0.25) is 0 Å². The lowest BCUT2D eigenvalue weighted by molar-refractivity contribution is 0.273. The minimum Gasteiger partial charge on any atom is -0.493 e. The van der Waals surface area contributed by atoms with Crippen LogP contribution in [0.4, 0.5) is 0 Å². The van der Waals surface area contributed by atoms with E-state index in [2.05, 4.69) is 37.8 Å². The van der Waals surface area contributed by atoms with Gasteiger partial charge in [-0.3, -0.25) is 0 Å². The summed E-state index contributed by atoms with van der Waals surface area (Å²) in [6.07, 6.45) is 5.12. The monoisotopic (exact) mass is 236 g/mol. The fourth-order valence-electron chi connectivity index (χ4n) is 2.09. The molecule has 1 aromatic rings. The number of hydrogen-bond donors (Lipinski definition) is 1. The second-order valence-electron chi connectivity index (χ2n) is 4.74. The van der Waals surface area contributed by atoms with Gasteiger partial charge in [0.05, 0.1) is 6.61 Å². The number of rotatable bonds is 4. The van der Waals surface area contributed by atoms with E-state index in [1.165, 1.54) is 36.8 Å². The minimum atomic E-state index is 0.513. The Morgan fingerprint density at radius 3 is 2.75 bits per heavy atom. The molecule has 2 rings (SSSR count). The van der Waals surface area contributed by atoms with Crippen molar-refractivity contribution in [3.8, 4) is 5.75 Å². The highest BCUT2D eigenvalue weighted by Gasteiger charge is 2.10. The van der Waals surface area contributed by atoms with Crippen molar-refractivity contribution in [3.63, 3.8) is 0 Å². The van der Waals surface area contributed by atoms with Gasteiger partial charge in [0.2, 0.25) is 0 Å². The lowest BCUT2D eigenvalue weighted by Crippen LogP contribution is -2.10. The van der Waals surface area contributed by atoms with Crippen molar-refractivity contribution < 1.29 is 4.74 Å². The summed E-state index contributed by atoms with van der Waals surface area (Å²) in [4.78, 5) is 0. The molecule has 88 valence electrons. The SMILES string of the molecule is CC(CS)COc1ccc2c(c1)CCCC2. The van der Waals surface area contributed by atoms with E-state index in [0.29, 0.717) is 5.92 Å². The maximum absolute atomic E-state index is 5.78. The molecule has 1 aromatic carbocycles. The first kappa shape index (κ1) is 11.8. The number of hydrogen-bond acceptors (Lipinski definition) is 2. The standard InChI is InChI=1S/C14H20OS/c1-11(10-16)9-15-14-7-6-12-4-2-3-5-13(12)8-14/h6-8,11,16H,2-5,9-10H2,1H3. The first-order valence-electron chi connectivity index (χ1n) is 6.15. The molecule has 0 fully saturated rings. The Kier molecular flexibility index (Phi) is 4.16. The topological polar surface area (TPSA) is 9.23 Å². The maximum atomic E-state index is 5.78. The number of fused-ring (bicyclic) bond motifs is 1. The Morgan fingerprint density at radius 1 is 1.25 bits per heavy atom. The van der Waals surface area contributed by atoms with Crippen molar-refractivity contribution in [2.45, 2.75) is 32.6 Å². The minimum absolute atomic E-state index is 0.513. The van der Waals surface area contributed by atoms with Gasteiger partial charge in [-0.15, -0.1) is 0 Å². The smallest absolute Gasteiger partial charge is 0.119 e. The van der Waals surface area contributed by atoms with Crippen molar-refractivity contribution >= 4 is 12.6 Å². The third kappa shape index (κ3) is 2.94. The van der Waals surface area contributed by atoms with Gasteiger partial charge in [0.25, 0.3) is 0 Å². The Labute approximate surface area is 104 Å². The van der Waals surface area contributed by atoms with Gasteiger partial charge in [0, 0.05) is 0 Å². The van der Waals surface area contributed by atoms with Crippen LogP contribution in [0, 0.1) is 5.92 Å². The fraction of sp³-hybridized carbons (Fsp3) is 0.571. The molecule has 0 spiro atoms. The van der Waals surface area contributed by atoms with E-state index in [4.69, 9.17) is 4.74 Å². The highest BCUT2D eigenvalue weighted by Crippen LogP contribution is 2.25. The van der Waals surface area contributed by atoms with Crippen molar-refractivity contribution in [1.82, 2.24) is 0 Å². The molecule has 1 unspecified atom stereocenters. The van der Waals surface area contributed by atoms with Crippen LogP contribution in [0.25, 0.3) is 0 Å². The summed E-state index contributed by atoms with van der Waals surface area (Å²) in [6.45, 7) is 2.92. The average Bonchev–Trinajstić information content (AvgIpc) is 2.35. The van der Waals surface area contributed by atoms with Crippen molar-refractivity contribution in [2.24, 2.45) is 5.92 Å². The molecule has 16 heavy (non-hydrogen) atoms. The van der Waals surface area contributed by atoms with E-state index in [0.717, 1.165) is 18.1 Å². The molecule has 0 heterocycles.